The summed E-state index contributed by atoms with van der Waals surface area (Å²) in [6, 6.07) is 10.5. The van der Waals surface area contributed by atoms with Gasteiger partial charge in [-0.1, -0.05) is 51.7 Å². The maximum absolute atomic E-state index is 11.4. The molecule has 8 nitrogen and oxygen atoms in total. The third kappa shape index (κ3) is 9.97. The Kier molecular flexibility index (Phi) is 12.2. The number of rotatable bonds is 17. The zero-order chi connectivity index (χ0) is 24.8. The summed E-state index contributed by atoms with van der Waals surface area (Å²) in [6.07, 6.45) is 6.30. The molecule has 0 aliphatic rings. The number of hydrogen-bond acceptors (Lipinski definition) is 6. The molecule has 0 fully saturated rings. The van der Waals surface area contributed by atoms with E-state index in [2.05, 4.69) is 20.6 Å². The van der Waals surface area contributed by atoms with Gasteiger partial charge in [0.1, 0.15) is 12.1 Å². The van der Waals surface area contributed by atoms with E-state index in [1.807, 2.05) is 50.2 Å². The Bertz CT molecular complexity index is 832. The van der Waals surface area contributed by atoms with Gasteiger partial charge in [-0.2, -0.15) is 0 Å². The number of pyridine rings is 2. The van der Waals surface area contributed by atoms with E-state index in [1.54, 1.807) is 0 Å². The lowest BCUT2D eigenvalue weighted by Crippen LogP contribution is -2.36. The second-order valence-electron chi connectivity index (χ2n) is 8.57. The van der Waals surface area contributed by atoms with Gasteiger partial charge in [0.15, 0.2) is 0 Å². The van der Waals surface area contributed by atoms with Crippen LogP contribution in [-0.4, -0.2) is 44.2 Å². The van der Waals surface area contributed by atoms with Crippen LogP contribution in [0, 0.1) is 0 Å². The number of aryl methyl sites for hydroxylation is 2. The molecule has 0 spiro atoms. The van der Waals surface area contributed by atoms with Gasteiger partial charge in [0, 0.05) is 24.5 Å². The topological polar surface area (TPSA) is 124 Å². The molecule has 0 bridgehead atoms. The quantitative estimate of drug-likeness (QED) is 0.276. The van der Waals surface area contributed by atoms with E-state index in [0.717, 1.165) is 48.5 Å². The third-order valence-electron chi connectivity index (χ3n) is 5.71. The summed E-state index contributed by atoms with van der Waals surface area (Å²) in [4.78, 5) is 32.2. The number of aromatic nitrogens is 2. The highest BCUT2D eigenvalue weighted by atomic mass is 16.4. The van der Waals surface area contributed by atoms with E-state index in [1.165, 1.54) is 0 Å². The summed E-state index contributed by atoms with van der Waals surface area (Å²) in [7, 11) is 0. The molecule has 34 heavy (non-hydrogen) atoms. The van der Waals surface area contributed by atoms with Gasteiger partial charge in [0.25, 0.3) is 0 Å². The molecular weight excluding hydrogens is 432 g/mol. The number of aliphatic carboxylic acids is 2. The van der Waals surface area contributed by atoms with Crippen LogP contribution in [0.1, 0.15) is 75.1 Å². The summed E-state index contributed by atoms with van der Waals surface area (Å²) in [5.74, 6) is -1.66. The van der Waals surface area contributed by atoms with E-state index < -0.39 is 24.0 Å². The van der Waals surface area contributed by atoms with Gasteiger partial charge >= 0.3 is 11.9 Å². The lowest BCUT2D eigenvalue weighted by Gasteiger charge is -2.14. The van der Waals surface area contributed by atoms with Crippen molar-refractivity contribution < 1.29 is 19.8 Å². The highest BCUT2D eigenvalue weighted by Crippen LogP contribution is 2.09. The Morgan fingerprint density at radius 1 is 0.735 bits per heavy atom. The molecule has 2 heterocycles. The number of nitrogens with one attached hydrogen (secondary N) is 2. The Hall–Kier alpha value is -2.84. The summed E-state index contributed by atoms with van der Waals surface area (Å²) in [5.41, 5.74) is 3.49. The first-order valence-electron chi connectivity index (χ1n) is 12.2. The minimum Gasteiger partial charge on any atom is -0.480 e. The number of hydrogen-bond donors (Lipinski definition) is 4. The fourth-order valence-corrected chi connectivity index (χ4v) is 3.69. The molecule has 4 N–H and O–H groups in total. The van der Waals surface area contributed by atoms with Gasteiger partial charge in [0.05, 0.1) is 11.4 Å². The largest absolute Gasteiger partial charge is 0.480 e. The summed E-state index contributed by atoms with van der Waals surface area (Å²) < 4.78 is 0. The molecule has 2 rings (SSSR count). The van der Waals surface area contributed by atoms with E-state index in [4.69, 9.17) is 0 Å². The van der Waals surface area contributed by atoms with Crippen LogP contribution in [0.3, 0.4) is 0 Å². The number of unbranched alkanes of at least 4 members (excludes halogenated alkanes) is 2. The zero-order valence-corrected chi connectivity index (χ0v) is 20.3. The van der Waals surface area contributed by atoms with Crippen molar-refractivity contribution >= 4 is 11.9 Å². The van der Waals surface area contributed by atoms with E-state index >= 15 is 0 Å². The lowest BCUT2D eigenvalue weighted by molar-refractivity contribution is -0.140. The SMILES string of the molecule is CCCC[C@H](NCc1cccc(CCc2cccc(CN[C@@H](CCCC)C(=O)O)n2)n1)C(=O)O. The fourth-order valence-electron chi connectivity index (χ4n) is 3.69. The molecule has 0 saturated carbocycles. The van der Waals surface area contributed by atoms with Crippen molar-refractivity contribution in [3.63, 3.8) is 0 Å². The number of carbonyl (C=O) groups is 2. The highest BCUT2D eigenvalue weighted by Gasteiger charge is 2.17. The molecule has 8 heteroatoms. The normalized spacial score (nSPS) is 12.9. The van der Waals surface area contributed by atoms with Gasteiger partial charge in [-0.3, -0.25) is 30.2 Å². The molecule has 2 aromatic rings. The number of carboxylic acid groups (broad SMARTS) is 2. The van der Waals surface area contributed by atoms with Crippen molar-refractivity contribution in [3.05, 3.63) is 59.2 Å². The predicted octanol–water partition coefficient (Wildman–Crippen LogP) is 3.73. The lowest BCUT2D eigenvalue weighted by atomic mass is 10.1. The highest BCUT2D eigenvalue weighted by molar-refractivity contribution is 5.73. The third-order valence-corrected chi connectivity index (χ3v) is 5.71. The maximum atomic E-state index is 11.4. The maximum Gasteiger partial charge on any atom is 0.320 e. The van der Waals surface area contributed by atoms with Crippen LogP contribution in [0.15, 0.2) is 36.4 Å². The second-order valence-corrected chi connectivity index (χ2v) is 8.57. The molecule has 0 unspecified atom stereocenters. The van der Waals surface area contributed by atoms with Crippen molar-refractivity contribution in [3.8, 4) is 0 Å². The van der Waals surface area contributed by atoms with Crippen molar-refractivity contribution in [2.24, 2.45) is 0 Å². The van der Waals surface area contributed by atoms with Crippen LogP contribution in [0.4, 0.5) is 0 Å². The van der Waals surface area contributed by atoms with E-state index in [-0.39, 0.29) is 0 Å². The summed E-state index contributed by atoms with van der Waals surface area (Å²) in [5, 5.41) is 24.9. The smallest absolute Gasteiger partial charge is 0.320 e. The predicted molar refractivity (Wildman–Crippen MR) is 131 cm³/mol. The average Bonchev–Trinajstić information content (AvgIpc) is 2.83. The molecule has 0 aliphatic heterocycles. The first-order valence-corrected chi connectivity index (χ1v) is 12.2. The van der Waals surface area contributed by atoms with Gasteiger partial charge in [-0.25, -0.2) is 0 Å². The van der Waals surface area contributed by atoms with Gasteiger partial charge in [-0.05, 0) is 49.9 Å². The molecule has 186 valence electrons. The minimum atomic E-state index is -0.829. The summed E-state index contributed by atoms with van der Waals surface area (Å²) >= 11 is 0. The average molecular weight is 471 g/mol. The molecular formula is C26H38N4O4. The van der Waals surface area contributed by atoms with Crippen LogP contribution in [0.5, 0.6) is 0 Å². The zero-order valence-electron chi connectivity index (χ0n) is 20.3. The Balaban J connectivity index is 1.89. The molecule has 0 aromatic carbocycles. The van der Waals surface area contributed by atoms with Gasteiger partial charge in [-0.15, -0.1) is 0 Å². The monoisotopic (exact) mass is 470 g/mol. The summed E-state index contributed by atoms with van der Waals surface area (Å²) in [6.45, 7) is 4.92. The first-order chi connectivity index (χ1) is 16.4. The Labute approximate surface area is 202 Å². The van der Waals surface area contributed by atoms with Gasteiger partial charge in [0.2, 0.25) is 0 Å². The molecule has 0 amide bonds. The van der Waals surface area contributed by atoms with Crippen molar-refractivity contribution in [2.75, 3.05) is 0 Å². The Morgan fingerprint density at radius 3 is 1.47 bits per heavy atom. The van der Waals surface area contributed by atoms with Crippen LogP contribution >= 0.6 is 0 Å². The van der Waals surface area contributed by atoms with Crippen LogP contribution in [-0.2, 0) is 35.5 Å². The minimum absolute atomic E-state index is 0.413. The molecule has 0 aliphatic carbocycles. The van der Waals surface area contributed by atoms with Crippen LogP contribution in [0.25, 0.3) is 0 Å². The van der Waals surface area contributed by atoms with Gasteiger partial charge < -0.3 is 10.2 Å². The fraction of sp³-hybridized carbons (Fsp3) is 0.538. The van der Waals surface area contributed by atoms with E-state index in [9.17, 15) is 19.8 Å². The molecule has 0 saturated heterocycles. The Morgan fingerprint density at radius 2 is 1.12 bits per heavy atom. The van der Waals surface area contributed by atoms with Crippen molar-refractivity contribution in [1.82, 2.24) is 20.6 Å². The molecule has 2 atom stereocenters. The second kappa shape index (κ2) is 15.1. The molecule has 0 radical (unpaired) electrons. The standard InChI is InChI=1S/C26H38N4O4/c1-3-5-13-23(25(31)32)27-17-21-11-7-9-19(29-21)15-16-20-10-8-12-22(30-20)18-28-24(26(33)34)14-6-4-2/h7-12,23-24,27-28H,3-6,13-18H2,1-2H3,(H,31,32)(H,33,34)/t23-,24-/m0/s1. The van der Waals surface area contributed by atoms with E-state index in [0.29, 0.717) is 38.8 Å². The van der Waals surface area contributed by atoms with Crippen molar-refractivity contribution in [1.29, 1.82) is 0 Å². The molecule has 2 aromatic heterocycles. The van der Waals surface area contributed by atoms with Crippen molar-refractivity contribution in [2.45, 2.75) is 90.4 Å². The number of nitrogens with zero attached hydrogens (tertiary/aromatic N) is 2. The number of carboxylic acids is 2. The first kappa shape index (κ1) is 27.4. The van der Waals surface area contributed by atoms with Crippen LogP contribution in [0.2, 0.25) is 0 Å². The van der Waals surface area contributed by atoms with Crippen LogP contribution < -0.4 is 10.6 Å².